The molecule has 2 N–H and O–H groups in total. The van der Waals surface area contributed by atoms with Gasteiger partial charge in [-0.15, -0.1) is 0 Å². The van der Waals surface area contributed by atoms with Crippen molar-refractivity contribution < 1.29 is 9.13 Å². The maximum Gasteiger partial charge on any atom is 0.131 e. The van der Waals surface area contributed by atoms with E-state index in [4.69, 9.17) is 22.1 Å². The van der Waals surface area contributed by atoms with E-state index in [1.54, 1.807) is 12.1 Å². The molecular weight excluding hydrogens is 345 g/mol. The van der Waals surface area contributed by atoms with E-state index in [0.717, 1.165) is 15.6 Å². The molecule has 0 aliphatic heterocycles. The number of hydrogen-bond acceptors (Lipinski definition) is 2. The van der Waals surface area contributed by atoms with Gasteiger partial charge in [0.2, 0.25) is 0 Å². The lowest BCUT2D eigenvalue weighted by Crippen LogP contribution is -2.05. The molecule has 0 aliphatic rings. The Morgan fingerprint density at radius 1 is 1.25 bits per heavy atom. The van der Waals surface area contributed by atoms with Crippen LogP contribution in [0.1, 0.15) is 16.7 Å². The smallest absolute Gasteiger partial charge is 0.131 e. The molecule has 5 heteroatoms. The monoisotopic (exact) mass is 357 g/mol. The molecule has 0 saturated heterocycles. The van der Waals surface area contributed by atoms with Crippen LogP contribution in [0.4, 0.5) is 4.39 Å². The molecule has 0 amide bonds. The Labute approximate surface area is 130 Å². The van der Waals surface area contributed by atoms with Crippen molar-refractivity contribution >= 4 is 27.5 Å². The van der Waals surface area contributed by atoms with Crippen LogP contribution in [0.2, 0.25) is 5.02 Å². The summed E-state index contributed by atoms with van der Waals surface area (Å²) in [6.07, 6.45) is 0. The van der Waals surface area contributed by atoms with Crippen LogP contribution < -0.4 is 10.5 Å². The van der Waals surface area contributed by atoms with E-state index < -0.39 is 0 Å². The SMILES string of the molecule is Cc1cc(Br)cc(CN)c1OCc1ccc(Cl)cc1F. The van der Waals surface area contributed by atoms with Crippen LogP contribution in [0.3, 0.4) is 0 Å². The predicted molar refractivity (Wildman–Crippen MR) is 82.5 cm³/mol. The van der Waals surface area contributed by atoms with Crippen LogP contribution in [0.5, 0.6) is 5.75 Å². The zero-order valence-corrected chi connectivity index (χ0v) is 13.3. The Morgan fingerprint density at radius 3 is 2.65 bits per heavy atom. The van der Waals surface area contributed by atoms with Gasteiger partial charge in [-0.1, -0.05) is 33.6 Å². The van der Waals surface area contributed by atoms with Gasteiger partial charge in [0.25, 0.3) is 0 Å². The van der Waals surface area contributed by atoms with Gasteiger partial charge in [-0.2, -0.15) is 0 Å². The van der Waals surface area contributed by atoms with Crippen LogP contribution in [-0.4, -0.2) is 0 Å². The fourth-order valence-corrected chi connectivity index (χ4v) is 2.72. The molecule has 0 bridgehead atoms. The van der Waals surface area contributed by atoms with E-state index in [-0.39, 0.29) is 12.4 Å². The third kappa shape index (κ3) is 3.51. The molecule has 2 nitrogen and oxygen atoms in total. The Bertz CT molecular complexity index is 634. The van der Waals surface area contributed by atoms with Gasteiger partial charge in [-0.3, -0.25) is 0 Å². The zero-order valence-electron chi connectivity index (χ0n) is 10.9. The van der Waals surface area contributed by atoms with Gasteiger partial charge in [0.1, 0.15) is 18.2 Å². The lowest BCUT2D eigenvalue weighted by molar-refractivity contribution is 0.294. The second-order valence-corrected chi connectivity index (χ2v) is 5.79. The molecule has 2 aromatic rings. The average molecular weight is 359 g/mol. The molecule has 0 aliphatic carbocycles. The van der Waals surface area contributed by atoms with E-state index in [9.17, 15) is 4.39 Å². The topological polar surface area (TPSA) is 35.2 Å². The minimum absolute atomic E-state index is 0.137. The molecule has 0 heterocycles. The summed E-state index contributed by atoms with van der Waals surface area (Å²) < 4.78 is 20.4. The Hall–Kier alpha value is -1.10. The van der Waals surface area contributed by atoms with Crippen molar-refractivity contribution in [2.45, 2.75) is 20.1 Å². The van der Waals surface area contributed by atoms with Crippen LogP contribution in [0, 0.1) is 12.7 Å². The first kappa shape index (κ1) is 15.3. The van der Waals surface area contributed by atoms with Gasteiger partial charge in [0.05, 0.1) is 0 Å². The third-order valence-corrected chi connectivity index (χ3v) is 3.62. The molecular formula is C15H14BrClFNO. The highest BCUT2D eigenvalue weighted by Crippen LogP contribution is 2.29. The molecule has 106 valence electrons. The quantitative estimate of drug-likeness (QED) is 0.867. The van der Waals surface area contributed by atoms with Gasteiger partial charge in [-0.05, 0) is 36.8 Å². The molecule has 0 radical (unpaired) electrons. The molecule has 0 fully saturated rings. The van der Waals surface area contributed by atoms with Gasteiger partial charge in [0, 0.05) is 27.2 Å². The maximum atomic E-state index is 13.7. The van der Waals surface area contributed by atoms with Gasteiger partial charge in [-0.25, -0.2) is 4.39 Å². The summed E-state index contributed by atoms with van der Waals surface area (Å²) >= 11 is 9.14. The lowest BCUT2D eigenvalue weighted by atomic mass is 10.1. The first-order valence-electron chi connectivity index (χ1n) is 6.07. The standard InChI is InChI=1S/C15H14BrClFNO/c1-9-4-12(16)5-11(7-19)15(9)20-8-10-2-3-13(17)6-14(10)18/h2-6H,7-8,19H2,1H3. The molecule has 2 rings (SSSR count). The normalized spacial score (nSPS) is 10.7. The van der Waals surface area contributed by atoms with E-state index in [0.29, 0.717) is 22.9 Å². The van der Waals surface area contributed by atoms with Crippen molar-refractivity contribution in [1.82, 2.24) is 0 Å². The van der Waals surface area contributed by atoms with Gasteiger partial charge < -0.3 is 10.5 Å². The average Bonchev–Trinajstić information content (AvgIpc) is 2.38. The summed E-state index contributed by atoms with van der Waals surface area (Å²) in [5.74, 6) is 0.326. The van der Waals surface area contributed by atoms with E-state index >= 15 is 0 Å². The number of ether oxygens (including phenoxy) is 1. The summed E-state index contributed by atoms with van der Waals surface area (Å²) in [4.78, 5) is 0. The van der Waals surface area contributed by atoms with Crippen LogP contribution in [-0.2, 0) is 13.2 Å². The molecule has 0 aromatic heterocycles. The second-order valence-electron chi connectivity index (χ2n) is 4.44. The van der Waals surface area contributed by atoms with Crippen molar-refractivity contribution in [2.75, 3.05) is 0 Å². The van der Waals surface area contributed by atoms with E-state index in [1.165, 1.54) is 6.07 Å². The first-order valence-corrected chi connectivity index (χ1v) is 7.24. The Morgan fingerprint density at radius 2 is 2.00 bits per heavy atom. The summed E-state index contributed by atoms with van der Waals surface area (Å²) in [5, 5.41) is 0.369. The van der Waals surface area contributed by atoms with Crippen LogP contribution in [0.15, 0.2) is 34.8 Å². The molecule has 0 spiro atoms. The molecule has 0 unspecified atom stereocenters. The van der Waals surface area contributed by atoms with Crippen LogP contribution in [0.25, 0.3) is 0 Å². The number of rotatable bonds is 4. The minimum atomic E-state index is -0.374. The molecule has 0 saturated carbocycles. The van der Waals surface area contributed by atoms with Crippen molar-refractivity contribution in [3.8, 4) is 5.75 Å². The number of halogens is 3. The Kier molecular flexibility index (Phi) is 5.02. The van der Waals surface area contributed by atoms with E-state index in [1.807, 2.05) is 19.1 Å². The fourth-order valence-electron chi connectivity index (χ4n) is 1.95. The Balaban J connectivity index is 2.22. The molecule has 2 aromatic carbocycles. The molecule has 20 heavy (non-hydrogen) atoms. The van der Waals surface area contributed by atoms with Gasteiger partial charge in [0.15, 0.2) is 0 Å². The number of hydrogen-bond donors (Lipinski definition) is 1. The van der Waals surface area contributed by atoms with Crippen molar-refractivity contribution in [3.05, 3.63) is 62.3 Å². The zero-order chi connectivity index (χ0) is 14.7. The summed E-state index contributed by atoms with van der Waals surface area (Å²) in [6, 6.07) is 8.38. The highest BCUT2D eigenvalue weighted by atomic mass is 79.9. The van der Waals surface area contributed by atoms with E-state index in [2.05, 4.69) is 15.9 Å². The van der Waals surface area contributed by atoms with Crippen LogP contribution >= 0.6 is 27.5 Å². The van der Waals surface area contributed by atoms with Gasteiger partial charge >= 0.3 is 0 Å². The number of nitrogens with two attached hydrogens (primary N) is 1. The largest absolute Gasteiger partial charge is 0.488 e. The predicted octanol–water partition coefficient (Wildman–Crippen LogP) is 4.59. The summed E-state index contributed by atoms with van der Waals surface area (Å²) in [6.45, 7) is 2.43. The fraction of sp³-hybridized carbons (Fsp3) is 0.200. The lowest BCUT2D eigenvalue weighted by Gasteiger charge is -2.14. The highest BCUT2D eigenvalue weighted by Gasteiger charge is 2.10. The summed E-state index contributed by atoms with van der Waals surface area (Å²) in [5.41, 5.74) is 8.01. The number of benzene rings is 2. The third-order valence-electron chi connectivity index (χ3n) is 2.92. The summed E-state index contributed by atoms with van der Waals surface area (Å²) in [7, 11) is 0. The van der Waals surface area contributed by atoms with Crippen molar-refractivity contribution in [3.63, 3.8) is 0 Å². The van der Waals surface area contributed by atoms with Crippen molar-refractivity contribution in [2.24, 2.45) is 5.73 Å². The number of aryl methyl sites for hydroxylation is 1. The second kappa shape index (κ2) is 6.57. The maximum absolute atomic E-state index is 13.7. The molecule has 0 atom stereocenters. The van der Waals surface area contributed by atoms with Crippen molar-refractivity contribution in [1.29, 1.82) is 0 Å². The first-order chi connectivity index (χ1) is 9.51. The highest BCUT2D eigenvalue weighted by molar-refractivity contribution is 9.10. The minimum Gasteiger partial charge on any atom is -0.488 e.